The molecule has 1 heterocycles. The van der Waals surface area contributed by atoms with Crippen LogP contribution < -0.4 is 0 Å². The van der Waals surface area contributed by atoms with Crippen molar-refractivity contribution in [3.05, 3.63) is 29.8 Å². The number of aryl methyl sites for hydroxylation is 1. The minimum atomic E-state index is -4.24. The normalized spacial score (nSPS) is 32.9. The highest BCUT2D eigenvalue weighted by molar-refractivity contribution is 7.86. The molecular weight excluding hydrogens is 316 g/mol. The summed E-state index contributed by atoms with van der Waals surface area (Å²) in [7, 11) is -4.24. The summed E-state index contributed by atoms with van der Waals surface area (Å²) >= 11 is 0. The highest BCUT2D eigenvalue weighted by Gasteiger charge is 2.45. The van der Waals surface area contributed by atoms with Crippen LogP contribution in [0.1, 0.15) is 5.56 Å². The number of benzene rings is 1. The van der Waals surface area contributed by atoms with Crippen LogP contribution in [0.5, 0.6) is 0 Å². The first-order valence-electron chi connectivity index (χ1n) is 6.57. The third kappa shape index (κ3) is 3.46. The molecule has 5 atom stereocenters. The number of aliphatic hydroxyl groups is 4. The molecule has 0 bridgehead atoms. The van der Waals surface area contributed by atoms with E-state index >= 15 is 0 Å². The molecule has 0 saturated carbocycles. The Morgan fingerprint density at radius 2 is 1.68 bits per heavy atom. The smallest absolute Gasteiger partial charge is 0.299 e. The van der Waals surface area contributed by atoms with Crippen molar-refractivity contribution in [1.29, 1.82) is 0 Å². The van der Waals surface area contributed by atoms with Gasteiger partial charge < -0.3 is 25.2 Å². The van der Waals surface area contributed by atoms with Crippen molar-refractivity contribution >= 4 is 10.1 Å². The number of hydrogen-bond acceptors (Lipinski definition) is 8. The zero-order valence-electron chi connectivity index (χ0n) is 11.7. The largest absolute Gasteiger partial charge is 0.394 e. The third-order valence-electron chi connectivity index (χ3n) is 3.38. The van der Waals surface area contributed by atoms with Crippen LogP contribution in [0.3, 0.4) is 0 Å². The molecule has 0 aliphatic carbocycles. The van der Waals surface area contributed by atoms with Gasteiger partial charge in [0.05, 0.1) is 11.5 Å². The van der Waals surface area contributed by atoms with Gasteiger partial charge in [-0.05, 0) is 19.1 Å². The van der Waals surface area contributed by atoms with E-state index in [1.165, 1.54) is 12.1 Å². The van der Waals surface area contributed by atoms with E-state index in [-0.39, 0.29) is 4.90 Å². The molecule has 1 saturated heterocycles. The van der Waals surface area contributed by atoms with Crippen molar-refractivity contribution in [3.63, 3.8) is 0 Å². The highest BCUT2D eigenvalue weighted by atomic mass is 32.2. The van der Waals surface area contributed by atoms with E-state index in [0.29, 0.717) is 0 Å². The second-order valence-electron chi connectivity index (χ2n) is 5.06. The Kier molecular flexibility index (Phi) is 5.17. The average molecular weight is 334 g/mol. The minimum Gasteiger partial charge on any atom is -0.394 e. The quantitative estimate of drug-likeness (QED) is 0.489. The van der Waals surface area contributed by atoms with E-state index in [0.717, 1.165) is 5.56 Å². The predicted molar refractivity (Wildman–Crippen MR) is 73.2 cm³/mol. The molecule has 0 aromatic heterocycles. The van der Waals surface area contributed by atoms with Gasteiger partial charge in [-0.2, -0.15) is 8.42 Å². The van der Waals surface area contributed by atoms with Gasteiger partial charge in [0.25, 0.3) is 10.1 Å². The fraction of sp³-hybridized carbons (Fsp3) is 0.538. The summed E-state index contributed by atoms with van der Waals surface area (Å²) in [6.45, 7) is 1.12. The van der Waals surface area contributed by atoms with Crippen molar-refractivity contribution in [3.8, 4) is 0 Å². The Morgan fingerprint density at radius 1 is 1.09 bits per heavy atom. The molecule has 1 aromatic rings. The molecule has 1 aliphatic rings. The maximum Gasteiger partial charge on any atom is 0.299 e. The van der Waals surface area contributed by atoms with Crippen LogP contribution in [0.25, 0.3) is 0 Å². The monoisotopic (exact) mass is 334 g/mol. The maximum atomic E-state index is 12.1. The van der Waals surface area contributed by atoms with E-state index in [1.807, 2.05) is 0 Å². The molecule has 124 valence electrons. The molecule has 0 unspecified atom stereocenters. The first-order valence-corrected chi connectivity index (χ1v) is 7.97. The number of aliphatic hydroxyl groups excluding tert-OH is 4. The fourth-order valence-electron chi connectivity index (χ4n) is 2.03. The van der Waals surface area contributed by atoms with Gasteiger partial charge in [-0.25, -0.2) is 4.18 Å². The summed E-state index contributed by atoms with van der Waals surface area (Å²) in [6.07, 6.45) is -8.04. The molecule has 0 spiro atoms. The van der Waals surface area contributed by atoms with Crippen molar-refractivity contribution in [1.82, 2.24) is 0 Å². The standard InChI is InChI=1S/C13H18O8S/c1-7-2-4-8(5-3-7)22(18,19)21-13-12(17)11(16)10(15)9(6-14)20-13/h2-5,9-17H,6H2,1H3/t9-,10-,11+,12-,13-/m1/s1. The molecule has 0 radical (unpaired) electrons. The van der Waals surface area contributed by atoms with Gasteiger partial charge in [0.2, 0.25) is 6.29 Å². The van der Waals surface area contributed by atoms with Gasteiger partial charge in [-0.1, -0.05) is 17.7 Å². The Hall–Kier alpha value is -1.07. The van der Waals surface area contributed by atoms with E-state index in [1.54, 1.807) is 19.1 Å². The third-order valence-corrected chi connectivity index (χ3v) is 4.67. The molecule has 4 N–H and O–H groups in total. The van der Waals surface area contributed by atoms with Crippen molar-refractivity contribution in [2.75, 3.05) is 6.61 Å². The van der Waals surface area contributed by atoms with Crippen molar-refractivity contribution in [2.24, 2.45) is 0 Å². The summed E-state index contributed by atoms with van der Waals surface area (Å²) in [5, 5.41) is 38.0. The topological polar surface area (TPSA) is 134 Å². The van der Waals surface area contributed by atoms with Gasteiger partial charge in [0.15, 0.2) is 0 Å². The number of ether oxygens (including phenoxy) is 1. The summed E-state index contributed by atoms with van der Waals surface area (Å²) in [5.41, 5.74) is 0.854. The Morgan fingerprint density at radius 3 is 2.23 bits per heavy atom. The second-order valence-corrected chi connectivity index (χ2v) is 6.63. The lowest BCUT2D eigenvalue weighted by Gasteiger charge is -2.39. The molecule has 0 amide bonds. The summed E-state index contributed by atoms with van der Waals surface area (Å²) in [6, 6.07) is 5.80. The SMILES string of the molecule is Cc1ccc(S(=O)(=O)O[C@H]2O[C@H](CO)[C@@H](O)[C@H](O)[C@H]2O)cc1. The summed E-state index contributed by atoms with van der Waals surface area (Å²) in [4.78, 5) is -0.143. The van der Waals surface area contributed by atoms with E-state index < -0.39 is 47.4 Å². The zero-order chi connectivity index (χ0) is 16.5. The van der Waals surface area contributed by atoms with Crippen LogP contribution >= 0.6 is 0 Å². The average Bonchev–Trinajstić information content (AvgIpc) is 2.48. The van der Waals surface area contributed by atoms with Crippen LogP contribution in [0, 0.1) is 6.92 Å². The van der Waals surface area contributed by atoms with Gasteiger partial charge in [0.1, 0.15) is 24.4 Å². The van der Waals surface area contributed by atoms with E-state index in [9.17, 15) is 23.7 Å². The first-order chi connectivity index (χ1) is 10.3. The lowest BCUT2D eigenvalue weighted by atomic mass is 10.00. The molecular formula is C13H18O8S. The number of rotatable bonds is 4. The molecule has 1 fully saturated rings. The van der Waals surface area contributed by atoms with E-state index in [2.05, 4.69) is 0 Å². The lowest BCUT2D eigenvalue weighted by molar-refractivity contribution is -0.276. The van der Waals surface area contributed by atoms with Gasteiger partial charge in [-0.15, -0.1) is 0 Å². The molecule has 1 aromatic carbocycles. The van der Waals surface area contributed by atoms with Crippen LogP contribution in [0.2, 0.25) is 0 Å². The first kappa shape index (κ1) is 17.3. The van der Waals surface area contributed by atoms with Crippen molar-refractivity contribution in [2.45, 2.75) is 42.5 Å². The summed E-state index contributed by atoms with van der Waals surface area (Å²) in [5.74, 6) is 0. The van der Waals surface area contributed by atoms with Gasteiger partial charge in [0, 0.05) is 0 Å². The van der Waals surface area contributed by atoms with Crippen LogP contribution in [0.4, 0.5) is 0 Å². The van der Waals surface area contributed by atoms with E-state index in [4.69, 9.17) is 14.0 Å². The fourth-order valence-corrected chi connectivity index (χ4v) is 3.02. The maximum absolute atomic E-state index is 12.1. The zero-order valence-corrected chi connectivity index (χ0v) is 12.5. The lowest BCUT2D eigenvalue weighted by Crippen LogP contribution is -2.59. The molecule has 2 rings (SSSR count). The van der Waals surface area contributed by atoms with Crippen LogP contribution in [-0.4, -0.2) is 66.2 Å². The predicted octanol–water partition coefficient (Wildman–Crippen LogP) is -1.50. The molecule has 9 heteroatoms. The van der Waals surface area contributed by atoms with Crippen LogP contribution in [-0.2, 0) is 19.0 Å². The highest BCUT2D eigenvalue weighted by Crippen LogP contribution is 2.25. The molecule has 1 aliphatic heterocycles. The second kappa shape index (κ2) is 6.59. The van der Waals surface area contributed by atoms with Gasteiger partial charge >= 0.3 is 0 Å². The Bertz CT molecular complexity index is 597. The Labute approximate surface area is 127 Å². The summed E-state index contributed by atoms with van der Waals surface area (Å²) < 4.78 is 34.0. The van der Waals surface area contributed by atoms with Gasteiger partial charge in [-0.3, -0.25) is 0 Å². The Balaban J connectivity index is 2.19. The van der Waals surface area contributed by atoms with Crippen molar-refractivity contribution < 1.29 is 37.8 Å². The molecule has 8 nitrogen and oxygen atoms in total. The minimum absolute atomic E-state index is 0.143. The van der Waals surface area contributed by atoms with Crippen LogP contribution in [0.15, 0.2) is 29.2 Å². The molecule has 22 heavy (non-hydrogen) atoms. The number of hydrogen-bond donors (Lipinski definition) is 4.